The average Bonchev–Trinajstić information content (AvgIpc) is 2.51. The zero-order chi connectivity index (χ0) is 16.0. The Morgan fingerprint density at radius 3 is 2.32 bits per heavy atom. The summed E-state index contributed by atoms with van der Waals surface area (Å²) < 4.78 is 37.9. The Labute approximate surface area is 130 Å². The molecule has 0 amide bonds. The van der Waals surface area contributed by atoms with Crippen LogP contribution in [-0.4, -0.2) is 37.3 Å². The molecule has 2 rings (SSSR count). The lowest BCUT2D eigenvalue weighted by molar-refractivity contribution is -0.185. The molecular formula is C17H25F3N2. The van der Waals surface area contributed by atoms with E-state index < -0.39 is 12.1 Å². The molecule has 0 bridgehead atoms. The normalized spacial score (nSPS) is 17.8. The highest BCUT2D eigenvalue weighted by atomic mass is 19.4. The number of nitrogens with zero attached hydrogens (tertiary/aromatic N) is 1. The quantitative estimate of drug-likeness (QED) is 0.872. The van der Waals surface area contributed by atoms with Crippen molar-refractivity contribution >= 4 is 0 Å². The molecule has 0 unspecified atom stereocenters. The van der Waals surface area contributed by atoms with Gasteiger partial charge in [0.25, 0.3) is 0 Å². The molecule has 0 aromatic heterocycles. The minimum Gasteiger partial charge on any atom is -0.330 e. The van der Waals surface area contributed by atoms with E-state index in [-0.39, 0.29) is 12.8 Å². The van der Waals surface area contributed by atoms with Crippen molar-refractivity contribution in [3.8, 4) is 0 Å². The van der Waals surface area contributed by atoms with Crippen molar-refractivity contribution in [2.45, 2.75) is 38.3 Å². The van der Waals surface area contributed by atoms with Gasteiger partial charge in [0.05, 0.1) is 5.92 Å². The molecule has 1 heterocycles. The minimum atomic E-state index is -4.02. The highest BCUT2D eigenvalue weighted by Crippen LogP contribution is 2.34. The van der Waals surface area contributed by atoms with E-state index in [9.17, 15) is 13.2 Å². The summed E-state index contributed by atoms with van der Waals surface area (Å²) in [4.78, 5) is 2.15. The van der Waals surface area contributed by atoms with Gasteiger partial charge < -0.3 is 10.6 Å². The first-order valence-electron chi connectivity index (χ1n) is 8.06. The van der Waals surface area contributed by atoms with E-state index in [0.29, 0.717) is 19.6 Å². The lowest BCUT2D eigenvalue weighted by Crippen LogP contribution is -2.39. The van der Waals surface area contributed by atoms with Crippen molar-refractivity contribution < 1.29 is 13.2 Å². The van der Waals surface area contributed by atoms with Gasteiger partial charge in [0.15, 0.2) is 0 Å². The number of hydrogen-bond donors (Lipinski definition) is 1. The second kappa shape index (κ2) is 7.97. The molecule has 1 aliphatic rings. The number of nitrogens with two attached hydrogens (primary N) is 1. The van der Waals surface area contributed by atoms with Gasteiger partial charge in [0, 0.05) is 6.54 Å². The maximum absolute atomic E-state index is 12.6. The highest BCUT2D eigenvalue weighted by Gasteiger charge is 2.40. The molecule has 0 aliphatic carbocycles. The van der Waals surface area contributed by atoms with Gasteiger partial charge in [-0.3, -0.25) is 0 Å². The third-order valence-corrected chi connectivity index (χ3v) is 4.43. The van der Waals surface area contributed by atoms with Crippen LogP contribution in [0.4, 0.5) is 13.2 Å². The van der Waals surface area contributed by atoms with Gasteiger partial charge >= 0.3 is 6.18 Å². The van der Waals surface area contributed by atoms with E-state index in [1.54, 1.807) is 0 Å². The SMILES string of the molecule is NCCCc1cccc(CCN2CCC(C(F)(F)F)CC2)c1. The van der Waals surface area contributed by atoms with Crippen LogP contribution in [-0.2, 0) is 12.8 Å². The zero-order valence-corrected chi connectivity index (χ0v) is 12.9. The Morgan fingerprint density at radius 2 is 1.73 bits per heavy atom. The summed E-state index contributed by atoms with van der Waals surface area (Å²) in [6, 6.07) is 8.44. The summed E-state index contributed by atoms with van der Waals surface area (Å²) in [5.74, 6) is -1.11. The van der Waals surface area contributed by atoms with Gasteiger partial charge in [0.2, 0.25) is 0 Å². The molecule has 2 N–H and O–H groups in total. The molecule has 5 heteroatoms. The number of piperidine rings is 1. The van der Waals surface area contributed by atoms with E-state index >= 15 is 0 Å². The third kappa shape index (κ3) is 5.29. The predicted molar refractivity (Wildman–Crippen MR) is 82.7 cm³/mol. The second-order valence-corrected chi connectivity index (χ2v) is 6.12. The Bertz CT molecular complexity index is 451. The number of alkyl halides is 3. The second-order valence-electron chi connectivity index (χ2n) is 6.12. The van der Waals surface area contributed by atoms with Gasteiger partial charge in [-0.25, -0.2) is 0 Å². The monoisotopic (exact) mass is 314 g/mol. The molecule has 0 atom stereocenters. The van der Waals surface area contributed by atoms with Crippen LogP contribution in [0.3, 0.4) is 0 Å². The Balaban J connectivity index is 1.77. The summed E-state index contributed by atoms with van der Waals surface area (Å²) in [5, 5.41) is 0. The van der Waals surface area contributed by atoms with Crippen LogP contribution >= 0.6 is 0 Å². The van der Waals surface area contributed by atoms with Gasteiger partial charge in [-0.05, 0) is 62.9 Å². The first kappa shape index (κ1) is 17.3. The summed E-state index contributed by atoms with van der Waals surface area (Å²) in [7, 11) is 0. The number of rotatable bonds is 6. The lowest BCUT2D eigenvalue weighted by atomic mass is 9.96. The third-order valence-electron chi connectivity index (χ3n) is 4.43. The van der Waals surface area contributed by atoms with Gasteiger partial charge in [-0.15, -0.1) is 0 Å². The van der Waals surface area contributed by atoms with E-state index in [0.717, 1.165) is 25.8 Å². The van der Waals surface area contributed by atoms with E-state index in [1.807, 2.05) is 0 Å². The van der Waals surface area contributed by atoms with Crippen LogP contribution < -0.4 is 5.73 Å². The van der Waals surface area contributed by atoms with Crippen LogP contribution in [0.15, 0.2) is 24.3 Å². The smallest absolute Gasteiger partial charge is 0.330 e. The first-order chi connectivity index (χ1) is 10.5. The summed E-state index contributed by atoms with van der Waals surface area (Å²) in [6.45, 7) is 2.64. The van der Waals surface area contributed by atoms with Crippen LogP contribution in [0.25, 0.3) is 0 Å². The maximum Gasteiger partial charge on any atom is 0.391 e. The lowest BCUT2D eigenvalue weighted by Gasteiger charge is -2.32. The van der Waals surface area contributed by atoms with E-state index in [4.69, 9.17) is 5.73 Å². The number of halogens is 3. The molecule has 0 spiro atoms. The van der Waals surface area contributed by atoms with Gasteiger partial charge in [0.1, 0.15) is 0 Å². The molecule has 124 valence electrons. The van der Waals surface area contributed by atoms with Crippen molar-refractivity contribution in [1.82, 2.24) is 4.90 Å². The number of benzene rings is 1. The predicted octanol–water partition coefficient (Wildman–Crippen LogP) is 3.39. The molecule has 0 radical (unpaired) electrons. The molecule has 1 saturated heterocycles. The van der Waals surface area contributed by atoms with Crippen molar-refractivity contribution in [3.63, 3.8) is 0 Å². The molecule has 1 fully saturated rings. The van der Waals surface area contributed by atoms with Crippen LogP contribution in [0.1, 0.15) is 30.4 Å². The van der Waals surface area contributed by atoms with Crippen molar-refractivity contribution in [3.05, 3.63) is 35.4 Å². The number of likely N-dealkylation sites (tertiary alicyclic amines) is 1. The Kier molecular flexibility index (Phi) is 6.26. The number of aryl methyl sites for hydroxylation is 1. The summed E-state index contributed by atoms with van der Waals surface area (Å²) >= 11 is 0. The molecular weight excluding hydrogens is 289 g/mol. The Morgan fingerprint density at radius 1 is 1.09 bits per heavy atom. The minimum absolute atomic E-state index is 0.236. The Hall–Kier alpha value is -1.07. The van der Waals surface area contributed by atoms with E-state index in [1.165, 1.54) is 11.1 Å². The maximum atomic E-state index is 12.6. The van der Waals surface area contributed by atoms with Crippen LogP contribution in [0.2, 0.25) is 0 Å². The van der Waals surface area contributed by atoms with Crippen LogP contribution in [0, 0.1) is 5.92 Å². The topological polar surface area (TPSA) is 29.3 Å². The fourth-order valence-corrected chi connectivity index (χ4v) is 3.02. The molecule has 1 aromatic carbocycles. The summed E-state index contributed by atoms with van der Waals surface area (Å²) in [6.07, 6.45) is -0.688. The molecule has 22 heavy (non-hydrogen) atoms. The molecule has 2 nitrogen and oxygen atoms in total. The standard InChI is InChI=1S/C17H25F3N2/c18-17(19,20)16-7-11-22(12-8-16)10-6-15-4-1-3-14(13-15)5-2-9-21/h1,3-4,13,16H,2,5-12,21H2. The average molecular weight is 314 g/mol. The van der Waals surface area contributed by atoms with Gasteiger partial charge in [-0.1, -0.05) is 24.3 Å². The molecule has 0 saturated carbocycles. The molecule has 1 aliphatic heterocycles. The largest absolute Gasteiger partial charge is 0.391 e. The van der Waals surface area contributed by atoms with Gasteiger partial charge in [-0.2, -0.15) is 13.2 Å². The van der Waals surface area contributed by atoms with Crippen molar-refractivity contribution in [2.75, 3.05) is 26.2 Å². The summed E-state index contributed by atoms with van der Waals surface area (Å²) in [5.41, 5.74) is 8.07. The van der Waals surface area contributed by atoms with Crippen molar-refractivity contribution in [1.29, 1.82) is 0 Å². The van der Waals surface area contributed by atoms with E-state index in [2.05, 4.69) is 29.2 Å². The highest BCUT2D eigenvalue weighted by molar-refractivity contribution is 5.23. The fourth-order valence-electron chi connectivity index (χ4n) is 3.02. The molecule has 1 aromatic rings. The van der Waals surface area contributed by atoms with Crippen molar-refractivity contribution in [2.24, 2.45) is 11.7 Å². The fraction of sp³-hybridized carbons (Fsp3) is 0.647. The first-order valence-corrected chi connectivity index (χ1v) is 8.06. The number of hydrogen-bond acceptors (Lipinski definition) is 2. The van der Waals surface area contributed by atoms with Crippen LogP contribution in [0.5, 0.6) is 0 Å². The zero-order valence-electron chi connectivity index (χ0n) is 12.9.